The maximum atomic E-state index is 12.9. The summed E-state index contributed by atoms with van der Waals surface area (Å²) in [4.78, 5) is 17.8. The molecule has 9 heteroatoms. The third kappa shape index (κ3) is 5.71. The van der Waals surface area contributed by atoms with Crippen molar-refractivity contribution in [3.63, 3.8) is 0 Å². The molecule has 2 aromatic carbocycles. The van der Waals surface area contributed by atoms with E-state index in [1.165, 1.54) is 67.6 Å². The first kappa shape index (κ1) is 30.5. The van der Waals surface area contributed by atoms with Crippen molar-refractivity contribution >= 4 is 21.4 Å². The highest BCUT2D eigenvalue weighted by molar-refractivity contribution is 7.91. The Morgan fingerprint density at radius 1 is 0.978 bits per heavy atom. The summed E-state index contributed by atoms with van der Waals surface area (Å²) in [5, 5.41) is 7.40. The zero-order chi connectivity index (χ0) is 31.2. The smallest absolute Gasteiger partial charge is 0.217 e. The number of likely N-dealkylation sites (tertiary alicyclic amines) is 1. The number of anilines is 1. The van der Waals surface area contributed by atoms with Crippen molar-refractivity contribution in [3.05, 3.63) is 72.1 Å². The SMILES string of the molecule is CC(=O)N[C@H]1CCC[C@@H]1C1(C2CCN(CC3CN(c4ccc(S(=O)(=O)c5cnn(C)c5)cc4)C3)CC2)CCCc2ccccc21. The van der Waals surface area contributed by atoms with Crippen molar-refractivity contribution in [1.29, 1.82) is 0 Å². The highest BCUT2D eigenvalue weighted by Crippen LogP contribution is 2.55. The van der Waals surface area contributed by atoms with Crippen LogP contribution in [0.2, 0.25) is 0 Å². The van der Waals surface area contributed by atoms with E-state index in [0.717, 1.165) is 44.8 Å². The van der Waals surface area contributed by atoms with E-state index in [9.17, 15) is 13.2 Å². The van der Waals surface area contributed by atoms with Crippen LogP contribution in [-0.2, 0) is 33.5 Å². The van der Waals surface area contributed by atoms with Crippen molar-refractivity contribution in [2.75, 3.05) is 37.6 Å². The average molecular weight is 630 g/mol. The van der Waals surface area contributed by atoms with Crippen LogP contribution in [0.4, 0.5) is 5.69 Å². The fraction of sp³-hybridized carbons (Fsp3) is 0.556. The third-order valence-corrected chi connectivity index (χ3v) is 13.1. The summed E-state index contributed by atoms with van der Waals surface area (Å²) in [5.41, 5.74) is 4.37. The molecule has 2 aliphatic heterocycles. The molecular formula is C36H47N5O3S. The van der Waals surface area contributed by atoms with Gasteiger partial charge in [0.1, 0.15) is 4.90 Å². The summed E-state index contributed by atoms with van der Waals surface area (Å²) in [6.07, 6.45) is 12.6. The molecule has 0 spiro atoms. The highest BCUT2D eigenvalue weighted by atomic mass is 32.2. The summed E-state index contributed by atoms with van der Waals surface area (Å²) >= 11 is 0. The molecule has 2 aliphatic carbocycles. The van der Waals surface area contributed by atoms with Gasteiger partial charge in [-0.1, -0.05) is 30.7 Å². The molecular weight excluding hydrogens is 582 g/mol. The monoisotopic (exact) mass is 629 g/mol. The van der Waals surface area contributed by atoms with Gasteiger partial charge < -0.3 is 15.1 Å². The molecule has 1 aromatic heterocycles. The van der Waals surface area contributed by atoms with Gasteiger partial charge in [-0.3, -0.25) is 9.48 Å². The molecule has 1 unspecified atom stereocenters. The summed E-state index contributed by atoms with van der Waals surface area (Å²) in [7, 11) is -1.83. The van der Waals surface area contributed by atoms with Crippen LogP contribution in [0, 0.1) is 17.8 Å². The lowest BCUT2D eigenvalue weighted by Crippen LogP contribution is -2.56. The molecule has 0 bridgehead atoms. The number of piperidine rings is 1. The molecule has 1 amide bonds. The fourth-order valence-electron chi connectivity index (χ4n) is 9.42. The summed E-state index contributed by atoms with van der Waals surface area (Å²) in [6, 6.07) is 16.8. The van der Waals surface area contributed by atoms with Crippen molar-refractivity contribution < 1.29 is 13.2 Å². The van der Waals surface area contributed by atoms with Gasteiger partial charge in [-0.25, -0.2) is 8.42 Å². The minimum absolute atomic E-state index is 0.112. The molecule has 7 rings (SSSR count). The van der Waals surface area contributed by atoms with Crippen molar-refractivity contribution in [2.45, 2.75) is 79.5 Å². The zero-order valence-electron chi connectivity index (χ0n) is 26.7. The number of sulfone groups is 1. The van der Waals surface area contributed by atoms with Crippen LogP contribution in [0.3, 0.4) is 0 Å². The van der Waals surface area contributed by atoms with Gasteiger partial charge >= 0.3 is 0 Å². The van der Waals surface area contributed by atoms with Crippen LogP contribution in [0.1, 0.15) is 63.0 Å². The number of amides is 1. The Morgan fingerprint density at radius 2 is 1.73 bits per heavy atom. The molecule has 3 fully saturated rings. The zero-order valence-corrected chi connectivity index (χ0v) is 27.5. The Bertz CT molecular complexity index is 1620. The summed E-state index contributed by atoms with van der Waals surface area (Å²) in [5.74, 6) is 1.91. The van der Waals surface area contributed by atoms with Crippen LogP contribution < -0.4 is 10.2 Å². The highest BCUT2D eigenvalue weighted by Gasteiger charge is 2.53. The van der Waals surface area contributed by atoms with Crippen LogP contribution in [-0.4, -0.2) is 67.8 Å². The minimum Gasteiger partial charge on any atom is -0.371 e. The standard InChI is InChI=1S/C36H47N5O3S/c1-26(42)38-35-11-5-10-34(35)36(18-6-8-28-7-3-4-9-33(28)36)29-16-19-40(20-17-29)22-27-23-41(24-27)30-12-14-31(15-13-30)45(43,44)32-21-37-39(2)25-32/h3-4,7,9,12-15,21,25,27,29,34-35H,5-6,8,10-11,16-20,22-24H2,1-2H3,(H,38,42)/t34-,35-,36?/m0/s1. The van der Waals surface area contributed by atoms with Gasteiger partial charge in [0.05, 0.1) is 11.1 Å². The van der Waals surface area contributed by atoms with Gasteiger partial charge in [0.15, 0.2) is 0 Å². The predicted molar refractivity (Wildman–Crippen MR) is 176 cm³/mol. The predicted octanol–water partition coefficient (Wildman–Crippen LogP) is 4.98. The van der Waals surface area contributed by atoms with E-state index in [2.05, 4.69) is 44.5 Å². The quantitative estimate of drug-likeness (QED) is 0.378. The second-order valence-corrected chi connectivity index (χ2v) is 16.0. The van der Waals surface area contributed by atoms with Crippen molar-refractivity contribution in [2.24, 2.45) is 24.8 Å². The Hall–Kier alpha value is -3.17. The number of aryl methyl sites for hydroxylation is 2. The molecule has 8 nitrogen and oxygen atoms in total. The Balaban J connectivity index is 0.980. The summed E-state index contributed by atoms with van der Waals surface area (Å²) < 4.78 is 27.4. The number of nitrogens with one attached hydrogen (secondary N) is 1. The van der Waals surface area contributed by atoms with E-state index in [4.69, 9.17) is 0 Å². The second kappa shape index (κ2) is 12.2. The number of benzene rings is 2. The van der Waals surface area contributed by atoms with Gasteiger partial charge in [0.2, 0.25) is 15.7 Å². The molecule has 0 radical (unpaired) electrons. The van der Waals surface area contributed by atoms with Gasteiger partial charge in [0, 0.05) is 62.9 Å². The lowest BCUT2D eigenvalue weighted by molar-refractivity contribution is -0.120. The first-order valence-corrected chi connectivity index (χ1v) is 18.4. The van der Waals surface area contributed by atoms with Gasteiger partial charge in [-0.15, -0.1) is 0 Å². The second-order valence-electron chi connectivity index (χ2n) is 14.1. The number of aromatic nitrogens is 2. The fourth-order valence-corrected chi connectivity index (χ4v) is 10.7. The van der Waals surface area contributed by atoms with E-state index < -0.39 is 9.84 Å². The number of hydrogen-bond donors (Lipinski definition) is 1. The van der Waals surface area contributed by atoms with Gasteiger partial charge in [-0.2, -0.15) is 5.10 Å². The Morgan fingerprint density at radius 3 is 2.44 bits per heavy atom. The molecule has 3 atom stereocenters. The molecule has 3 aromatic rings. The average Bonchev–Trinajstić information content (AvgIpc) is 3.68. The van der Waals surface area contributed by atoms with Gasteiger partial charge in [-0.05, 0) is 105 Å². The molecule has 1 N–H and O–H groups in total. The number of carbonyl (C=O) groups is 1. The summed E-state index contributed by atoms with van der Waals surface area (Å²) in [6.45, 7) is 7.10. The molecule has 45 heavy (non-hydrogen) atoms. The lowest BCUT2D eigenvalue weighted by atomic mass is 9.53. The number of hydrogen-bond acceptors (Lipinski definition) is 6. The molecule has 240 valence electrons. The molecule has 3 heterocycles. The first-order valence-electron chi connectivity index (χ1n) is 16.9. The number of rotatable bonds is 8. The van der Waals surface area contributed by atoms with E-state index in [0.29, 0.717) is 22.6 Å². The van der Waals surface area contributed by atoms with E-state index in [1.54, 1.807) is 31.7 Å². The molecule has 4 aliphatic rings. The third-order valence-electron chi connectivity index (χ3n) is 11.4. The van der Waals surface area contributed by atoms with E-state index >= 15 is 0 Å². The van der Waals surface area contributed by atoms with Gasteiger partial charge in [0.25, 0.3) is 0 Å². The molecule has 2 saturated heterocycles. The Labute approximate surface area is 268 Å². The number of nitrogens with zero attached hydrogens (tertiary/aromatic N) is 4. The maximum Gasteiger partial charge on any atom is 0.217 e. The van der Waals surface area contributed by atoms with Crippen molar-refractivity contribution in [3.8, 4) is 0 Å². The largest absolute Gasteiger partial charge is 0.371 e. The normalized spacial score (nSPS) is 26.4. The Kier molecular flexibility index (Phi) is 8.27. The number of fused-ring (bicyclic) bond motifs is 1. The topological polar surface area (TPSA) is 87.5 Å². The molecule has 1 saturated carbocycles. The van der Waals surface area contributed by atoms with Crippen LogP contribution in [0.25, 0.3) is 0 Å². The first-order chi connectivity index (χ1) is 21.7. The van der Waals surface area contributed by atoms with Crippen LogP contribution >= 0.6 is 0 Å². The lowest BCUT2D eigenvalue weighted by Gasteiger charge is -2.53. The van der Waals surface area contributed by atoms with E-state index in [1.807, 2.05) is 12.1 Å². The number of carbonyl (C=O) groups excluding carboxylic acids is 1. The van der Waals surface area contributed by atoms with Crippen LogP contribution in [0.15, 0.2) is 70.7 Å². The van der Waals surface area contributed by atoms with Crippen molar-refractivity contribution in [1.82, 2.24) is 20.0 Å². The maximum absolute atomic E-state index is 12.9. The van der Waals surface area contributed by atoms with Crippen LogP contribution in [0.5, 0.6) is 0 Å². The van der Waals surface area contributed by atoms with E-state index in [-0.39, 0.29) is 22.3 Å². The minimum atomic E-state index is -3.55.